The molecule has 2 aliphatic rings. The molecule has 0 saturated carbocycles. The number of amides is 1. The summed E-state index contributed by atoms with van der Waals surface area (Å²) in [7, 11) is 2.09. The van der Waals surface area contributed by atoms with Crippen LogP contribution in [0, 0.1) is 5.92 Å². The Morgan fingerprint density at radius 2 is 2.08 bits per heavy atom. The highest BCUT2D eigenvalue weighted by atomic mass is 16.8. The van der Waals surface area contributed by atoms with Crippen molar-refractivity contribution in [2.45, 2.75) is 58.0 Å². The lowest BCUT2D eigenvalue weighted by atomic mass is 9.96. The molecule has 8 heteroatoms. The van der Waals surface area contributed by atoms with Crippen LogP contribution in [-0.4, -0.2) is 54.1 Å². The number of ether oxygens (including phenoxy) is 1. The number of piperidine rings is 1. The summed E-state index contributed by atoms with van der Waals surface area (Å²) in [6.45, 7) is 10.5. The number of rotatable bonds is 11. The van der Waals surface area contributed by atoms with Crippen molar-refractivity contribution in [1.82, 2.24) is 25.6 Å². The van der Waals surface area contributed by atoms with Crippen molar-refractivity contribution in [3.8, 4) is 0 Å². The number of aryl methyl sites for hydroxylation is 1. The van der Waals surface area contributed by atoms with E-state index in [0.29, 0.717) is 18.1 Å². The van der Waals surface area contributed by atoms with Crippen molar-refractivity contribution in [2.75, 3.05) is 26.2 Å². The quantitative estimate of drug-likeness (QED) is 0.251. The molecule has 3 heterocycles. The highest BCUT2D eigenvalue weighted by Gasteiger charge is 2.22. The van der Waals surface area contributed by atoms with Gasteiger partial charge in [0.25, 0.3) is 5.91 Å². The van der Waals surface area contributed by atoms with Gasteiger partial charge in [-0.1, -0.05) is 24.8 Å². The van der Waals surface area contributed by atoms with Gasteiger partial charge in [-0.3, -0.25) is 9.69 Å². The van der Waals surface area contributed by atoms with Crippen LogP contribution >= 0.6 is 0 Å². The molecule has 0 bridgehead atoms. The Hall–Kier alpha value is -2.65. The number of carbonyl (C=O) groups is 1. The highest BCUT2D eigenvalue weighted by molar-refractivity contribution is 5.95. The lowest BCUT2D eigenvalue weighted by Crippen LogP contribution is -2.47. The molecule has 2 unspecified atom stereocenters. The summed E-state index contributed by atoms with van der Waals surface area (Å²) in [4.78, 5) is 20.2. The maximum absolute atomic E-state index is 12.4. The maximum Gasteiger partial charge on any atom is 0.276 e. The van der Waals surface area contributed by atoms with E-state index in [0.717, 1.165) is 58.3 Å². The van der Waals surface area contributed by atoms with Crippen LogP contribution in [0.5, 0.6) is 0 Å². The van der Waals surface area contributed by atoms with Crippen LogP contribution in [0.1, 0.15) is 44.6 Å². The summed E-state index contributed by atoms with van der Waals surface area (Å²) < 4.78 is 7.65. The number of hydroxylamine groups is 1. The summed E-state index contributed by atoms with van der Waals surface area (Å²) in [6.07, 6.45) is 10.3. The molecule has 2 aromatic rings. The van der Waals surface area contributed by atoms with E-state index in [4.69, 9.17) is 9.57 Å². The molecule has 2 atom stereocenters. The second-order valence-corrected chi connectivity index (χ2v) is 9.88. The first-order valence-electron chi connectivity index (χ1n) is 13.2. The summed E-state index contributed by atoms with van der Waals surface area (Å²) in [5.41, 5.74) is 5.56. The molecule has 1 amide bonds. The lowest BCUT2D eigenvalue weighted by Gasteiger charge is -2.36. The minimum absolute atomic E-state index is 0.125. The van der Waals surface area contributed by atoms with E-state index in [1.54, 1.807) is 6.20 Å². The number of likely N-dealkylation sites (tertiary alicyclic amines) is 1. The Morgan fingerprint density at radius 1 is 1.25 bits per heavy atom. The normalized spacial score (nSPS) is 20.8. The fraction of sp³-hybridized carbons (Fsp3) is 0.536. The molecule has 3 N–H and O–H groups in total. The van der Waals surface area contributed by atoms with Crippen molar-refractivity contribution in [3.63, 3.8) is 0 Å². The predicted octanol–water partition coefficient (Wildman–Crippen LogP) is 3.56. The fourth-order valence-corrected chi connectivity index (χ4v) is 4.99. The number of carbonyl (C=O) groups excluding carboxylic acids is 1. The van der Waals surface area contributed by atoms with Gasteiger partial charge in [0.1, 0.15) is 0 Å². The first kappa shape index (κ1) is 26.4. The topological polar surface area (TPSA) is 79.8 Å². The summed E-state index contributed by atoms with van der Waals surface area (Å²) in [6, 6.07) is 8.73. The number of fused-ring (bicyclic) bond motifs is 1. The van der Waals surface area contributed by atoms with Crippen molar-refractivity contribution in [3.05, 3.63) is 60.5 Å². The molecule has 0 spiro atoms. The van der Waals surface area contributed by atoms with E-state index in [1.165, 1.54) is 22.5 Å². The van der Waals surface area contributed by atoms with Gasteiger partial charge in [-0.2, -0.15) is 0 Å². The Bertz CT molecular complexity index is 1030. The molecule has 8 nitrogen and oxygen atoms in total. The van der Waals surface area contributed by atoms with Crippen molar-refractivity contribution < 1.29 is 14.4 Å². The Labute approximate surface area is 214 Å². The van der Waals surface area contributed by atoms with Crippen molar-refractivity contribution in [2.24, 2.45) is 13.0 Å². The van der Waals surface area contributed by atoms with E-state index in [1.807, 2.05) is 0 Å². The van der Waals surface area contributed by atoms with Gasteiger partial charge in [-0.15, -0.1) is 0 Å². The average Bonchev–Trinajstić information content (AvgIpc) is 3.30. The summed E-state index contributed by atoms with van der Waals surface area (Å²) in [5, 5.41) is 8.36. The summed E-state index contributed by atoms with van der Waals surface area (Å²) >= 11 is 0. The predicted molar refractivity (Wildman–Crippen MR) is 143 cm³/mol. The largest absolute Gasteiger partial charge is 0.375 e. The second kappa shape index (κ2) is 13.1. The maximum atomic E-state index is 12.4. The Balaban J connectivity index is 1.16. The standard InChI is InChI=1S/C28H41N5O3/c1-4-23(28(34)31-36-27-10-5-6-17-35-27)20-30-21(2)33-15-11-22(12-16-33)18-29-19-24-8-7-9-26-25(24)13-14-32(26)3/h4,7-9,13-14,20-22,27,29-30H,1,5-6,10-12,15-19H2,2-3H3,(H,31,34)/b23-20+. The third kappa shape index (κ3) is 6.97. The van der Waals surface area contributed by atoms with Crippen LogP contribution in [0.25, 0.3) is 10.9 Å². The molecule has 36 heavy (non-hydrogen) atoms. The van der Waals surface area contributed by atoms with Gasteiger partial charge in [0.05, 0.1) is 11.7 Å². The Kier molecular flexibility index (Phi) is 9.58. The minimum Gasteiger partial charge on any atom is -0.375 e. The van der Waals surface area contributed by atoms with Crippen molar-refractivity contribution >= 4 is 16.8 Å². The number of nitrogens with zero attached hydrogens (tertiary/aromatic N) is 2. The van der Waals surface area contributed by atoms with Crippen LogP contribution in [-0.2, 0) is 28.0 Å². The molecule has 1 aromatic carbocycles. The molecule has 196 valence electrons. The zero-order chi connectivity index (χ0) is 25.3. The Morgan fingerprint density at radius 3 is 2.83 bits per heavy atom. The van der Waals surface area contributed by atoms with Crippen LogP contribution in [0.4, 0.5) is 0 Å². The van der Waals surface area contributed by atoms with Gasteiger partial charge in [-0.25, -0.2) is 10.3 Å². The highest BCUT2D eigenvalue weighted by Crippen LogP contribution is 2.21. The molecule has 0 radical (unpaired) electrons. The monoisotopic (exact) mass is 495 g/mol. The van der Waals surface area contributed by atoms with Gasteiger partial charge >= 0.3 is 0 Å². The minimum atomic E-state index is -0.372. The molecule has 2 fully saturated rings. The summed E-state index contributed by atoms with van der Waals surface area (Å²) in [5.74, 6) is 0.350. The van der Waals surface area contributed by atoms with E-state index < -0.39 is 0 Å². The second-order valence-electron chi connectivity index (χ2n) is 9.88. The lowest BCUT2D eigenvalue weighted by molar-refractivity contribution is -0.198. The van der Waals surface area contributed by atoms with E-state index >= 15 is 0 Å². The molecule has 0 aliphatic carbocycles. The average molecular weight is 496 g/mol. The molecule has 2 saturated heterocycles. The zero-order valence-corrected chi connectivity index (χ0v) is 21.7. The SMILES string of the molecule is C=C/C(=C\NC(C)N1CCC(CNCc2cccc3c2ccn3C)CC1)C(=O)NOC1CCCCO1. The number of hydrogen-bond acceptors (Lipinski definition) is 6. The van der Waals surface area contributed by atoms with E-state index in [-0.39, 0.29) is 18.4 Å². The zero-order valence-electron chi connectivity index (χ0n) is 21.7. The number of aromatic nitrogens is 1. The first-order chi connectivity index (χ1) is 17.5. The van der Waals surface area contributed by atoms with Crippen LogP contribution in [0.3, 0.4) is 0 Å². The van der Waals surface area contributed by atoms with E-state index in [9.17, 15) is 4.79 Å². The molecule has 2 aliphatic heterocycles. The molecule has 1 aromatic heterocycles. The van der Waals surface area contributed by atoms with Crippen LogP contribution in [0.2, 0.25) is 0 Å². The first-order valence-corrected chi connectivity index (χ1v) is 13.2. The fourth-order valence-electron chi connectivity index (χ4n) is 4.99. The third-order valence-corrected chi connectivity index (χ3v) is 7.35. The third-order valence-electron chi connectivity index (χ3n) is 7.35. The van der Waals surface area contributed by atoms with Crippen LogP contribution < -0.4 is 16.1 Å². The number of benzene rings is 1. The van der Waals surface area contributed by atoms with E-state index in [2.05, 4.69) is 76.6 Å². The number of hydrogen-bond donors (Lipinski definition) is 3. The molecular formula is C28H41N5O3. The molecular weight excluding hydrogens is 454 g/mol. The molecule has 4 rings (SSSR count). The number of nitrogens with one attached hydrogen (secondary N) is 3. The van der Waals surface area contributed by atoms with Gasteiger partial charge in [0, 0.05) is 63.0 Å². The van der Waals surface area contributed by atoms with Gasteiger partial charge in [-0.05, 0) is 62.8 Å². The van der Waals surface area contributed by atoms with Gasteiger partial charge in [0.15, 0.2) is 6.29 Å². The van der Waals surface area contributed by atoms with Gasteiger partial charge in [0.2, 0.25) is 0 Å². The van der Waals surface area contributed by atoms with Crippen LogP contribution in [0.15, 0.2) is 54.9 Å². The van der Waals surface area contributed by atoms with Crippen molar-refractivity contribution in [1.29, 1.82) is 0 Å². The van der Waals surface area contributed by atoms with Gasteiger partial charge < -0.3 is 19.9 Å². The smallest absolute Gasteiger partial charge is 0.276 e.